The summed E-state index contributed by atoms with van der Waals surface area (Å²) in [7, 11) is 0. The van der Waals surface area contributed by atoms with Crippen LogP contribution in [0.25, 0.3) is 0 Å². The van der Waals surface area contributed by atoms with E-state index in [1.807, 2.05) is 6.07 Å². The predicted molar refractivity (Wildman–Crippen MR) is 71.6 cm³/mol. The molecular formula is C13H16BrNO2. The molecule has 1 aromatic rings. The van der Waals surface area contributed by atoms with Gasteiger partial charge >= 0.3 is 5.97 Å². The molecule has 1 aliphatic rings. The van der Waals surface area contributed by atoms with Crippen LogP contribution in [-0.2, 0) is 4.79 Å². The molecule has 4 heteroatoms. The second kappa shape index (κ2) is 4.69. The Kier molecular flexibility index (Phi) is 3.43. The summed E-state index contributed by atoms with van der Waals surface area (Å²) >= 11 is 3.45. The standard InChI is InChI=1S/C13H16BrNO2/c1-3-15-7-11(8(2)13(16)17)10-6-9(14)4-5-12(10)15/h4-6,8,11H,3,7H2,1-2H3,(H,16,17). The van der Waals surface area contributed by atoms with E-state index in [1.165, 1.54) is 5.69 Å². The van der Waals surface area contributed by atoms with E-state index in [2.05, 4.69) is 39.9 Å². The molecule has 0 saturated carbocycles. The van der Waals surface area contributed by atoms with Crippen LogP contribution in [0.5, 0.6) is 0 Å². The lowest BCUT2D eigenvalue weighted by atomic mass is 9.89. The van der Waals surface area contributed by atoms with Crippen LogP contribution in [0.3, 0.4) is 0 Å². The number of carboxylic acids is 1. The fraction of sp³-hybridized carbons (Fsp3) is 0.462. The minimum atomic E-state index is -0.723. The molecule has 0 spiro atoms. The van der Waals surface area contributed by atoms with Crippen molar-refractivity contribution in [1.82, 2.24) is 0 Å². The van der Waals surface area contributed by atoms with Gasteiger partial charge < -0.3 is 10.0 Å². The van der Waals surface area contributed by atoms with Gasteiger partial charge in [-0.1, -0.05) is 22.9 Å². The van der Waals surface area contributed by atoms with E-state index in [9.17, 15) is 4.79 Å². The Morgan fingerprint density at radius 1 is 1.65 bits per heavy atom. The summed E-state index contributed by atoms with van der Waals surface area (Å²) in [5.41, 5.74) is 2.32. The predicted octanol–water partition coefficient (Wildman–Crippen LogP) is 3.09. The lowest BCUT2D eigenvalue weighted by Gasteiger charge is -2.18. The number of anilines is 1. The zero-order valence-electron chi connectivity index (χ0n) is 9.98. The van der Waals surface area contributed by atoms with Crippen molar-refractivity contribution in [1.29, 1.82) is 0 Å². The van der Waals surface area contributed by atoms with Crippen LogP contribution < -0.4 is 4.90 Å². The van der Waals surface area contributed by atoms with Gasteiger partial charge in [0.2, 0.25) is 0 Å². The minimum Gasteiger partial charge on any atom is -0.481 e. The van der Waals surface area contributed by atoms with Crippen LogP contribution in [0.4, 0.5) is 5.69 Å². The van der Waals surface area contributed by atoms with Crippen molar-refractivity contribution in [2.24, 2.45) is 5.92 Å². The zero-order chi connectivity index (χ0) is 12.6. The Hall–Kier alpha value is -1.03. The molecule has 0 fully saturated rings. The molecule has 17 heavy (non-hydrogen) atoms. The van der Waals surface area contributed by atoms with Gasteiger partial charge in [-0.05, 0) is 30.7 Å². The van der Waals surface area contributed by atoms with Crippen molar-refractivity contribution in [3.63, 3.8) is 0 Å². The summed E-state index contributed by atoms with van der Waals surface area (Å²) in [6.45, 7) is 5.60. The highest BCUT2D eigenvalue weighted by atomic mass is 79.9. The third-order valence-electron chi connectivity index (χ3n) is 3.52. The molecular weight excluding hydrogens is 282 g/mol. The lowest BCUT2D eigenvalue weighted by molar-refractivity contribution is -0.141. The number of benzene rings is 1. The first-order chi connectivity index (χ1) is 8.04. The molecule has 2 rings (SSSR count). The van der Waals surface area contributed by atoms with Crippen LogP contribution in [0, 0.1) is 5.92 Å². The minimum absolute atomic E-state index is 0.0833. The molecule has 2 atom stereocenters. The molecule has 0 radical (unpaired) electrons. The molecule has 1 aromatic carbocycles. The first-order valence-electron chi connectivity index (χ1n) is 5.81. The lowest BCUT2D eigenvalue weighted by Crippen LogP contribution is -2.26. The summed E-state index contributed by atoms with van der Waals surface area (Å²) < 4.78 is 1.01. The highest BCUT2D eigenvalue weighted by molar-refractivity contribution is 9.10. The number of carboxylic acid groups (broad SMARTS) is 1. The van der Waals surface area contributed by atoms with E-state index in [1.54, 1.807) is 6.92 Å². The van der Waals surface area contributed by atoms with Crippen molar-refractivity contribution in [3.05, 3.63) is 28.2 Å². The first kappa shape index (κ1) is 12.4. The quantitative estimate of drug-likeness (QED) is 0.932. The number of hydrogen-bond donors (Lipinski definition) is 1. The number of aliphatic carboxylic acids is 1. The molecule has 1 N–H and O–H groups in total. The van der Waals surface area contributed by atoms with Crippen LogP contribution in [0.15, 0.2) is 22.7 Å². The molecule has 1 heterocycles. The van der Waals surface area contributed by atoms with E-state index in [4.69, 9.17) is 5.11 Å². The van der Waals surface area contributed by atoms with E-state index in [0.29, 0.717) is 0 Å². The molecule has 92 valence electrons. The van der Waals surface area contributed by atoms with Crippen molar-refractivity contribution >= 4 is 27.6 Å². The molecule has 0 aromatic heterocycles. The van der Waals surface area contributed by atoms with Crippen LogP contribution in [0.2, 0.25) is 0 Å². The highest BCUT2D eigenvalue weighted by Gasteiger charge is 2.34. The number of hydrogen-bond acceptors (Lipinski definition) is 2. The van der Waals surface area contributed by atoms with E-state index in [0.717, 1.165) is 23.1 Å². The topological polar surface area (TPSA) is 40.5 Å². The maximum absolute atomic E-state index is 11.1. The number of likely N-dealkylation sites (N-methyl/N-ethyl adjacent to an activating group) is 1. The Labute approximate surface area is 110 Å². The molecule has 0 bridgehead atoms. The summed E-state index contributed by atoms with van der Waals surface area (Å²) in [5, 5.41) is 9.17. The second-order valence-corrected chi connectivity index (χ2v) is 5.39. The summed E-state index contributed by atoms with van der Waals surface area (Å²) in [4.78, 5) is 13.4. The summed E-state index contributed by atoms with van der Waals surface area (Å²) in [6, 6.07) is 6.13. The Bertz CT molecular complexity index is 447. The molecule has 2 unspecified atom stereocenters. The van der Waals surface area contributed by atoms with Crippen LogP contribution in [-0.4, -0.2) is 24.2 Å². The number of fused-ring (bicyclic) bond motifs is 1. The van der Waals surface area contributed by atoms with Crippen molar-refractivity contribution in [2.45, 2.75) is 19.8 Å². The molecule has 3 nitrogen and oxygen atoms in total. The summed E-state index contributed by atoms with van der Waals surface area (Å²) in [6.07, 6.45) is 0. The second-order valence-electron chi connectivity index (χ2n) is 4.48. The third kappa shape index (κ3) is 2.18. The number of carbonyl (C=O) groups is 1. The first-order valence-corrected chi connectivity index (χ1v) is 6.61. The van der Waals surface area contributed by atoms with Crippen molar-refractivity contribution < 1.29 is 9.90 Å². The average Bonchev–Trinajstić information content (AvgIpc) is 2.65. The Morgan fingerprint density at radius 3 is 2.94 bits per heavy atom. The Morgan fingerprint density at radius 2 is 2.35 bits per heavy atom. The number of nitrogens with zero attached hydrogens (tertiary/aromatic N) is 1. The molecule has 0 amide bonds. The monoisotopic (exact) mass is 297 g/mol. The van der Waals surface area contributed by atoms with Crippen LogP contribution >= 0.6 is 15.9 Å². The molecule has 0 aliphatic carbocycles. The van der Waals surface area contributed by atoms with E-state index >= 15 is 0 Å². The van der Waals surface area contributed by atoms with E-state index < -0.39 is 5.97 Å². The fourth-order valence-electron chi connectivity index (χ4n) is 2.44. The van der Waals surface area contributed by atoms with Gasteiger partial charge in [-0.2, -0.15) is 0 Å². The smallest absolute Gasteiger partial charge is 0.306 e. The molecule has 0 saturated heterocycles. The average molecular weight is 298 g/mol. The number of rotatable bonds is 3. The van der Waals surface area contributed by atoms with Gasteiger partial charge in [0.25, 0.3) is 0 Å². The summed E-state index contributed by atoms with van der Waals surface area (Å²) in [5.74, 6) is -0.988. The van der Waals surface area contributed by atoms with Crippen molar-refractivity contribution in [3.8, 4) is 0 Å². The maximum Gasteiger partial charge on any atom is 0.306 e. The largest absolute Gasteiger partial charge is 0.481 e. The van der Waals surface area contributed by atoms with Gasteiger partial charge in [0, 0.05) is 29.2 Å². The van der Waals surface area contributed by atoms with Crippen LogP contribution in [0.1, 0.15) is 25.3 Å². The third-order valence-corrected chi connectivity index (χ3v) is 4.01. The van der Waals surface area contributed by atoms with Gasteiger partial charge in [0.05, 0.1) is 5.92 Å². The fourth-order valence-corrected chi connectivity index (χ4v) is 2.82. The van der Waals surface area contributed by atoms with E-state index in [-0.39, 0.29) is 11.8 Å². The van der Waals surface area contributed by atoms with Gasteiger partial charge in [-0.25, -0.2) is 0 Å². The SMILES string of the molecule is CCN1CC(C(C)C(=O)O)c2cc(Br)ccc21. The van der Waals surface area contributed by atoms with Gasteiger partial charge in [-0.15, -0.1) is 0 Å². The zero-order valence-corrected chi connectivity index (χ0v) is 11.6. The highest BCUT2D eigenvalue weighted by Crippen LogP contribution is 2.41. The van der Waals surface area contributed by atoms with Gasteiger partial charge in [0.15, 0.2) is 0 Å². The normalized spacial score (nSPS) is 20.2. The van der Waals surface area contributed by atoms with Crippen molar-refractivity contribution in [2.75, 3.05) is 18.0 Å². The molecule has 1 aliphatic heterocycles. The van der Waals surface area contributed by atoms with Gasteiger partial charge in [-0.3, -0.25) is 4.79 Å². The Balaban J connectivity index is 2.41. The maximum atomic E-state index is 11.1. The number of halogens is 1. The van der Waals surface area contributed by atoms with Gasteiger partial charge in [0.1, 0.15) is 0 Å².